The predicted molar refractivity (Wildman–Crippen MR) is 79.6 cm³/mol. The third kappa shape index (κ3) is 2.89. The Kier molecular flexibility index (Phi) is 3.69. The van der Waals surface area contributed by atoms with Crippen LogP contribution in [0.3, 0.4) is 0 Å². The van der Waals surface area contributed by atoms with Crippen molar-refractivity contribution in [1.29, 1.82) is 0 Å². The molecule has 3 rings (SSSR count). The van der Waals surface area contributed by atoms with E-state index in [0.717, 1.165) is 35.8 Å². The molecule has 19 heavy (non-hydrogen) atoms. The minimum atomic E-state index is 0.320. The Morgan fingerprint density at radius 3 is 2.84 bits per heavy atom. The van der Waals surface area contributed by atoms with Crippen molar-refractivity contribution in [2.75, 3.05) is 31.4 Å². The van der Waals surface area contributed by atoms with Gasteiger partial charge in [0.2, 0.25) is 6.79 Å². The maximum atomic E-state index is 5.37. The van der Waals surface area contributed by atoms with Crippen LogP contribution in [0.2, 0.25) is 0 Å². The number of thioether (sulfide) groups is 1. The molecule has 0 saturated carbocycles. The second-order valence-corrected chi connectivity index (χ2v) is 5.76. The molecule has 1 fully saturated rings. The Hall–Kier alpha value is -1.55. The zero-order valence-corrected chi connectivity index (χ0v) is 11.6. The molecule has 100 valence electrons. The summed E-state index contributed by atoms with van der Waals surface area (Å²) in [5.41, 5.74) is 2.19. The van der Waals surface area contributed by atoms with Crippen molar-refractivity contribution in [3.63, 3.8) is 0 Å². The molecule has 0 spiro atoms. The van der Waals surface area contributed by atoms with E-state index in [1.54, 1.807) is 0 Å². The normalized spacial score (nSPS) is 18.0. The minimum Gasteiger partial charge on any atom is -0.454 e. The summed E-state index contributed by atoms with van der Waals surface area (Å²) in [6.45, 7) is 6.64. The van der Waals surface area contributed by atoms with E-state index >= 15 is 0 Å². The molecule has 0 N–H and O–H groups in total. The van der Waals surface area contributed by atoms with Gasteiger partial charge in [0.15, 0.2) is 11.5 Å². The lowest BCUT2D eigenvalue weighted by molar-refractivity contribution is 0.174. The van der Waals surface area contributed by atoms with Crippen molar-refractivity contribution >= 4 is 17.8 Å². The molecule has 2 heterocycles. The van der Waals surface area contributed by atoms with Gasteiger partial charge in [0.05, 0.1) is 0 Å². The van der Waals surface area contributed by atoms with Crippen LogP contribution in [-0.4, -0.2) is 36.3 Å². The SMILES string of the molecule is C=C(/C=C/c1ccc2c(c1)OCO2)N1CCSCC1. The molecule has 0 atom stereocenters. The van der Waals surface area contributed by atoms with E-state index in [-0.39, 0.29) is 0 Å². The summed E-state index contributed by atoms with van der Waals surface area (Å²) in [7, 11) is 0. The monoisotopic (exact) mass is 275 g/mol. The predicted octanol–water partition coefficient (Wildman–Crippen LogP) is 2.99. The van der Waals surface area contributed by atoms with Gasteiger partial charge in [-0.25, -0.2) is 0 Å². The average molecular weight is 275 g/mol. The summed E-state index contributed by atoms with van der Waals surface area (Å²) in [5, 5.41) is 0. The molecule has 0 aliphatic carbocycles. The highest BCUT2D eigenvalue weighted by Crippen LogP contribution is 2.32. The summed E-state index contributed by atoms with van der Waals surface area (Å²) in [4.78, 5) is 2.33. The molecule has 4 heteroatoms. The van der Waals surface area contributed by atoms with Gasteiger partial charge in [-0.05, 0) is 23.8 Å². The van der Waals surface area contributed by atoms with Crippen molar-refractivity contribution in [1.82, 2.24) is 4.90 Å². The molecule has 1 saturated heterocycles. The number of hydrogen-bond donors (Lipinski definition) is 0. The molecule has 1 aromatic rings. The molecule has 3 nitrogen and oxygen atoms in total. The van der Waals surface area contributed by atoms with Crippen LogP contribution in [-0.2, 0) is 0 Å². The van der Waals surface area contributed by atoms with Crippen LogP contribution in [0.15, 0.2) is 36.6 Å². The fraction of sp³-hybridized carbons (Fsp3) is 0.333. The van der Waals surface area contributed by atoms with Gasteiger partial charge in [-0.2, -0.15) is 11.8 Å². The maximum absolute atomic E-state index is 5.37. The number of benzene rings is 1. The largest absolute Gasteiger partial charge is 0.454 e. The third-order valence-electron chi connectivity index (χ3n) is 3.28. The van der Waals surface area contributed by atoms with Gasteiger partial charge < -0.3 is 14.4 Å². The lowest BCUT2D eigenvalue weighted by Crippen LogP contribution is -2.30. The zero-order chi connectivity index (χ0) is 13.1. The number of rotatable bonds is 3. The molecule has 0 bridgehead atoms. The molecule has 0 unspecified atom stereocenters. The summed E-state index contributed by atoms with van der Waals surface area (Å²) < 4.78 is 10.7. The first kappa shape index (κ1) is 12.5. The van der Waals surface area contributed by atoms with Crippen molar-refractivity contribution in [2.24, 2.45) is 0 Å². The van der Waals surface area contributed by atoms with E-state index in [4.69, 9.17) is 9.47 Å². The van der Waals surface area contributed by atoms with E-state index < -0.39 is 0 Å². The van der Waals surface area contributed by atoms with Crippen LogP contribution < -0.4 is 9.47 Å². The fourth-order valence-corrected chi connectivity index (χ4v) is 3.07. The van der Waals surface area contributed by atoms with E-state index in [1.165, 1.54) is 11.5 Å². The Morgan fingerprint density at radius 2 is 2.00 bits per heavy atom. The Morgan fingerprint density at radius 1 is 1.21 bits per heavy atom. The van der Waals surface area contributed by atoms with Gasteiger partial charge in [-0.3, -0.25) is 0 Å². The summed E-state index contributed by atoms with van der Waals surface area (Å²) >= 11 is 2.01. The molecule has 0 radical (unpaired) electrons. The zero-order valence-electron chi connectivity index (χ0n) is 10.8. The lowest BCUT2D eigenvalue weighted by atomic mass is 10.2. The number of ether oxygens (including phenoxy) is 2. The second kappa shape index (κ2) is 5.61. The third-order valence-corrected chi connectivity index (χ3v) is 4.22. The number of fused-ring (bicyclic) bond motifs is 1. The highest BCUT2D eigenvalue weighted by atomic mass is 32.2. The van der Waals surface area contributed by atoms with E-state index in [0.29, 0.717) is 6.79 Å². The summed E-state index contributed by atoms with van der Waals surface area (Å²) in [6.07, 6.45) is 4.15. The van der Waals surface area contributed by atoms with Crippen molar-refractivity contribution in [3.05, 3.63) is 42.1 Å². The van der Waals surface area contributed by atoms with Gasteiger partial charge in [0.1, 0.15) is 0 Å². The summed E-state index contributed by atoms with van der Waals surface area (Å²) in [6, 6.07) is 5.98. The number of hydrogen-bond acceptors (Lipinski definition) is 4. The van der Waals surface area contributed by atoms with Crippen LogP contribution in [0, 0.1) is 0 Å². The molecule has 1 aromatic carbocycles. The molecule has 0 aromatic heterocycles. The number of allylic oxidation sites excluding steroid dienone is 1. The minimum absolute atomic E-state index is 0.320. The fourth-order valence-electron chi connectivity index (χ4n) is 2.17. The molecule has 2 aliphatic heterocycles. The van der Waals surface area contributed by atoms with Crippen LogP contribution >= 0.6 is 11.8 Å². The Labute approximate surface area is 117 Å². The Bertz CT molecular complexity index is 507. The van der Waals surface area contributed by atoms with Crippen LogP contribution in [0.5, 0.6) is 11.5 Å². The lowest BCUT2D eigenvalue weighted by Gasteiger charge is -2.28. The van der Waals surface area contributed by atoms with E-state index in [2.05, 4.69) is 23.6 Å². The molecular formula is C15H17NO2S. The second-order valence-electron chi connectivity index (χ2n) is 4.54. The van der Waals surface area contributed by atoms with Crippen LogP contribution in [0.1, 0.15) is 5.56 Å². The first-order valence-corrected chi connectivity index (χ1v) is 7.58. The van der Waals surface area contributed by atoms with Crippen LogP contribution in [0.25, 0.3) is 6.08 Å². The van der Waals surface area contributed by atoms with Crippen LogP contribution in [0.4, 0.5) is 0 Å². The quantitative estimate of drug-likeness (QED) is 0.791. The maximum Gasteiger partial charge on any atom is 0.231 e. The highest BCUT2D eigenvalue weighted by molar-refractivity contribution is 7.99. The number of nitrogens with zero attached hydrogens (tertiary/aromatic N) is 1. The molecular weight excluding hydrogens is 258 g/mol. The average Bonchev–Trinajstić information content (AvgIpc) is 2.93. The first-order chi connectivity index (χ1) is 9.33. The molecule has 2 aliphatic rings. The first-order valence-electron chi connectivity index (χ1n) is 6.42. The highest BCUT2D eigenvalue weighted by Gasteiger charge is 2.13. The van der Waals surface area contributed by atoms with Gasteiger partial charge >= 0.3 is 0 Å². The van der Waals surface area contributed by atoms with Gasteiger partial charge in [0, 0.05) is 30.3 Å². The van der Waals surface area contributed by atoms with Gasteiger partial charge in [-0.1, -0.05) is 18.7 Å². The molecule has 0 amide bonds. The van der Waals surface area contributed by atoms with E-state index in [9.17, 15) is 0 Å². The van der Waals surface area contributed by atoms with Crippen molar-refractivity contribution < 1.29 is 9.47 Å². The van der Waals surface area contributed by atoms with Crippen molar-refractivity contribution in [2.45, 2.75) is 0 Å². The Balaban J connectivity index is 1.66. The topological polar surface area (TPSA) is 21.7 Å². The van der Waals surface area contributed by atoms with Gasteiger partial charge in [0.25, 0.3) is 0 Å². The van der Waals surface area contributed by atoms with Crippen molar-refractivity contribution in [3.8, 4) is 11.5 Å². The standard InChI is InChI=1S/C15H17NO2S/c1-12(16-6-8-19-9-7-16)2-3-13-4-5-14-15(10-13)18-11-17-14/h2-5,10H,1,6-9,11H2/b3-2+. The van der Waals surface area contributed by atoms with E-state index in [1.807, 2.05) is 30.0 Å². The smallest absolute Gasteiger partial charge is 0.231 e. The van der Waals surface area contributed by atoms with Gasteiger partial charge in [-0.15, -0.1) is 0 Å². The summed E-state index contributed by atoms with van der Waals surface area (Å²) in [5.74, 6) is 4.03.